The molecule has 2 amide bonds. The van der Waals surface area contributed by atoms with Gasteiger partial charge >= 0.3 is 12.2 Å². The summed E-state index contributed by atoms with van der Waals surface area (Å²) < 4.78 is 25.1. The lowest BCUT2D eigenvalue weighted by atomic mass is 9.93. The number of pyridine rings is 1. The monoisotopic (exact) mass is 519 g/mol. The van der Waals surface area contributed by atoms with Crippen LogP contribution in [0.2, 0.25) is 0 Å². The highest BCUT2D eigenvalue weighted by molar-refractivity contribution is 5.68. The Bertz CT molecular complexity index is 1300. The molecule has 5 rings (SSSR count). The molecule has 1 saturated heterocycles. The maximum Gasteiger partial charge on any atom is 0.408 e. The van der Waals surface area contributed by atoms with E-state index in [1.165, 1.54) is 17.0 Å². The van der Waals surface area contributed by atoms with Crippen molar-refractivity contribution in [2.24, 2.45) is 11.8 Å². The van der Waals surface area contributed by atoms with Crippen LogP contribution in [0.25, 0.3) is 0 Å². The van der Waals surface area contributed by atoms with Crippen molar-refractivity contribution in [2.75, 3.05) is 13.1 Å². The van der Waals surface area contributed by atoms with E-state index in [0.29, 0.717) is 31.1 Å². The van der Waals surface area contributed by atoms with E-state index in [9.17, 15) is 19.1 Å². The Morgan fingerprint density at radius 3 is 2.39 bits per heavy atom. The van der Waals surface area contributed by atoms with Crippen molar-refractivity contribution in [2.45, 2.75) is 38.5 Å². The first-order valence-corrected chi connectivity index (χ1v) is 12.6. The van der Waals surface area contributed by atoms with Crippen molar-refractivity contribution < 1.29 is 28.6 Å². The van der Waals surface area contributed by atoms with Gasteiger partial charge in [0, 0.05) is 43.1 Å². The summed E-state index contributed by atoms with van der Waals surface area (Å²) >= 11 is 0. The largest absolute Gasteiger partial charge is 0.474 e. The van der Waals surface area contributed by atoms with Crippen LogP contribution in [0.5, 0.6) is 5.88 Å². The third-order valence-electron chi connectivity index (χ3n) is 7.15. The van der Waals surface area contributed by atoms with Crippen LogP contribution in [0.1, 0.15) is 36.2 Å². The zero-order valence-electron chi connectivity index (χ0n) is 21.3. The second kappa shape index (κ2) is 10.3. The number of carboxylic acid groups (broad SMARTS) is 1. The molecular formula is C29H30FN3O5. The second-order valence-corrected chi connectivity index (χ2v) is 10.4. The van der Waals surface area contributed by atoms with E-state index < -0.39 is 17.7 Å². The fourth-order valence-corrected chi connectivity index (χ4v) is 4.91. The van der Waals surface area contributed by atoms with Crippen LogP contribution in [-0.2, 0) is 23.3 Å². The van der Waals surface area contributed by atoms with Crippen LogP contribution >= 0.6 is 0 Å². The molecule has 0 spiro atoms. The number of amides is 2. The topological polar surface area (TPSA) is 101 Å². The van der Waals surface area contributed by atoms with Gasteiger partial charge in [-0.3, -0.25) is 0 Å². The molecule has 0 radical (unpaired) electrons. The lowest BCUT2D eigenvalue weighted by Gasteiger charge is -2.27. The molecule has 1 aliphatic carbocycles. The van der Waals surface area contributed by atoms with E-state index in [0.717, 1.165) is 16.7 Å². The van der Waals surface area contributed by atoms with E-state index in [2.05, 4.69) is 5.32 Å². The molecule has 0 bridgehead atoms. The first-order chi connectivity index (χ1) is 18.2. The number of fused-ring (bicyclic) bond motifs is 1. The lowest BCUT2D eigenvalue weighted by Crippen LogP contribution is -2.41. The van der Waals surface area contributed by atoms with Crippen LogP contribution in [0.15, 0.2) is 66.7 Å². The Kier molecular flexibility index (Phi) is 6.93. The third kappa shape index (κ3) is 5.88. The first-order valence-electron chi connectivity index (χ1n) is 12.6. The minimum atomic E-state index is -0.912. The Hall–Kier alpha value is -4.14. The molecule has 2 aliphatic rings. The van der Waals surface area contributed by atoms with Crippen molar-refractivity contribution >= 4 is 12.2 Å². The highest BCUT2D eigenvalue weighted by Crippen LogP contribution is 2.48. The highest BCUT2D eigenvalue weighted by atomic mass is 19.1. The van der Waals surface area contributed by atoms with Crippen LogP contribution in [0, 0.1) is 17.7 Å². The zero-order chi connectivity index (χ0) is 26.9. The summed E-state index contributed by atoms with van der Waals surface area (Å²) in [6.07, 6.45) is -1.11. The van der Waals surface area contributed by atoms with Crippen LogP contribution in [0.3, 0.4) is 0 Å². The van der Waals surface area contributed by atoms with Gasteiger partial charge in [-0.15, -0.1) is 0 Å². The summed E-state index contributed by atoms with van der Waals surface area (Å²) in [5, 5.41) is 12.2. The first kappa shape index (κ1) is 25.5. The van der Waals surface area contributed by atoms with Crippen LogP contribution in [0.4, 0.5) is 14.0 Å². The van der Waals surface area contributed by atoms with Gasteiger partial charge in [0.25, 0.3) is 0 Å². The fraction of sp³-hybridized carbons (Fsp3) is 0.345. The molecule has 198 valence electrons. The van der Waals surface area contributed by atoms with E-state index in [1.807, 2.05) is 50.2 Å². The van der Waals surface area contributed by atoms with Gasteiger partial charge in [0.2, 0.25) is 5.88 Å². The number of alkyl carbamates (subject to hydrolysis) is 1. The third-order valence-corrected chi connectivity index (χ3v) is 7.15. The molecule has 38 heavy (non-hydrogen) atoms. The fourth-order valence-electron chi connectivity index (χ4n) is 4.91. The predicted octanol–water partition coefficient (Wildman–Crippen LogP) is 4.96. The summed E-state index contributed by atoms with van der Waals surface area (Å²) in [5.41, 5.74) is 2.43. The van der Waals surface area contributed by atoms with E-state index in [1.54, 1.807) is 18.2 Å². The summed E-state index contributed by atoms with van der Waals surface area (Å²) in [6.45, 7) is 4.80. The average Bonchev–Trinajstić information content (AvgIpc) is 3.30. The number of halogens is 1. The van der Waals surface area contributed by atoms with Gasteiger partial charge in [0.1, 0.15) is 18.5 Å². The molecule has 2 heterocycles. The Morgan fingerprint density at radius 1 is 1.05 bits per heavy atom. The van der Waals surface area contributed by atoms with Crippen LogP contribution < -0.4 is 10.1 Å². The van der Waals surface area contributed by atoms with Gasteiger partial charge in [-0.05, 0) is 48.7 Å². The zero-order valence-corrected chi connectivity index (χ0v) is 21.3. The van der Waals surface area contributed by atoms with Crippen molar-refractivity contribution in [3.63, 3.8) is 0 Å². The summed E-state index contributed by atoms with van der Waals surface area (Å²) in [5.74, 6) is 0.398. The number of ether oxygens (including phenoxy) is 2. The molecule has 0 unspecified atom stereocenters. The number of rotatable bonds is 8. The molecule has 9 heteroatoms. The Morgan fingerprint density at radius 2 is 1.74 bits per heavy atom. The SMILES string of the molecule is CC(C)(NC(=O)OCc1ccccc1)c1cc(Cc2ccc(F)cc2)nc(O[C@@H]2[C@@H]3CN(C(=O)O)C[C@@H]32)c1. The summed E-state index contributed by atoms with van der Waals surface area (Å²) in [4.78, 5) is 30.0. The van der Waals surface area contributed by atoms with Gasteiger partial charge in [0.15, 0.2) is 0 Å². The van der Waals surface area contributed by atoms with Crippen molar-refractivity contribution in [3.05, 3.63) is 94.9 Å². The number of carbonyl (C=O) groups is 2. The van der Waals surface area contributed by atoms with Gasteiger partial charge in [-0.25, -0.2) is 19.0 Å². The van der Waals surface area contributed by atoms with Gasteiger partial charge in [-0.2, -0.15) is 0 Å². The standard InChI is InChI=1S/C29H30FN3O5/c1-29(2,32-27(34)37-17-19-6-4-3-5-7-19)20-13-22(12-18-8-10-21(30)11-9-18)31-25(14-20)38-26-23-15-33(28(35)36)16-24(23)26/h3-11,13-14,23-24,26H,12,15-17H2,1-2H3,(H,32,34)(H,35,36)/t23-,24+,26-. The number of benzene rings is 2. The smallest absolute Gasteiger partial charge is 0.408 e. The molecule has 3 aromatic rings. The molecule has 1 aromatic heterocycles. The number of piperidine rings is 1. The minimum Gasteiger partial charge on any atom is -0.474 e. The summed E-state index contributed by atoms with van der Waals surface area (Å²) in [7, 11) is 0. The lowest BCUT2D eigenvalue weighted by molar-refractivity contribution is 0.129. The Labute approximate surface area is 220 Å². The molecule has 8 nitrogen and oxygen atoms in total. The molecule has 2 N–H and O–H groups in total. The second-order valence-electron chi connectivity index (χ2n) is 10.4. The number of nitrogens with one attached hydrogen (secondary N) is 1. The number of carbonyl (C=O) groups excluding carboxylic acids is 1. The van der Waals surface area contributed by atoms with E-state index in [4.69, 9.17) is 14.5 Å². The van der Waals surface area contributed by atoms with E-state index in [-0.39, 0.29) is 30.4 Å². The molecule has 2 aromatic carbocycles. The molecule has 2 fully saturated rings. The van der Waals surface area contributed by atoms with Crippen molar-refractivity contribution in [1.29, 1.82) is 0 Å². The number of hydrogen-bond acceptors (Lipinski definition) is 5. The quantitative estimate of drug-likeness (QED) is 0.436. The summed E-state index contributed by atoms with van der Waals surface area (Å²) in [6, 6.07) is 19.4. The van der Waals surface area contributed by atoms with Gasteiger partial charge in [0.05, 0.1) is 5.54 Å². The van der Waals surface area contributed by atoms with Crippen molar-refractivity contribution in [3.8, 4) is 5.88 Å². The molecule has 1 saturated carbocycles. The minimum absolute atomic E-state index is 0.0982. The average molecular weight is 520 g/mol. The Balaban J connectivity index is 1.32. The normalized spacial score (nSPS) is 20.0. The number of hydrogen-bond donors (Lipinski definition) is 2. The van der Waals surface area contributed by atoms with Crippen LogP contribution in [-0.4, -0.2) is 46.4 Å². The number of nitrogens with zero attached hydrogens (tertiary/aromatic N) is 2. The van der Waals surface area contributed by atoms with Gasteiger partial charge in [-0.1, -0.05) is 42.5 Å². The molecule has 1 aliphatic heterocycles. The number of likely N-dealkylation sites (tertiary alicyclic amines) is 1. The number of aromatic nitrogens is 1. The van der Waals surface area contributed by atoms with Crippen molar-refractivity contribution in [1.82, 2.24) is 15.2 Å². The van der Waals surface area contributed by atoms with E-state index >= 15 is 0 Å². The maximum atomic E-state index is 13.4. The maximum absolute atomic E-state index is 13.4. The van der Waals surface area contributed by atoms with Gasteiger partial charge < -0.3 is 24.8 Å². The highest BCUT2D eigenvalue weighted by Gasteiger charge is 2.59. The predicted molar refractivity (Wildman–Crippen MR) is 137 cm³/mol. The molecular weight excluding hydrogens is 489 g/mol. The molecule has 3 atom stereocenters.